The van der Waals surface area contributed by atoms with Gasteiger partial charge in [-0.2, -0.15) is 0 Å². The molecule has 5 nitrogen and oxygen atoms in total. The van der Waals surface area contributed by atoms with Crippen molar-refractivity contribution >= 4 is 33.4 Å². The van der Waals surface area contributed by atoms with E-state index in [-0.39, 0.29) is 6.42 Å². The molecule has 0 aliphatic heterocycles. The number of hydrogen-bond acceptors (Lipinski definition) is 3. The molecule has 0 bridgehead atoms. The Balaban J connectivity index is 2.71. The van der Waals surface area contributed by atoms with Gasteiger partial charge in [0.25, 0.3) is 0 Å². The minimum atomic E-state index is -0.921. The highest BCUT2D eigenvalue weighted by atomic mass is 79.9. The molecular formula is C11H14BrN3O2. The molecule has 0 heterocycles. The van der Waals surface area contributed by atoms with E-state index in [0.717, 1.165) is 10.0 Å². The highest BCUT2D eigenvalue weighted by Crippen LogP contribution is 2.20. The maximum atomic E-state index is 11.6. The van der Waals surface area contributed by atoms with Crippen molar-refractivity contribution < 1.29 is 9.59 Å². The molecule has 0 spiro atoms. The Morgan fingerprint density at radius 2 is 2.12 bits per heavy atom. The number of carbonyl (C=O) groups excluding carboxylic acids is 2. The first-order valence-electron chi connectivity index (χ1n) is 5.01. The molecule has 1 aromatic carbocycles. The van der Waals surface area contributed by atoms with Gasteiger partial charge in [0.15, 0.2) is 0 Å². The van der Waals surface area contributed by atoms with Crippen molar-refractivity contribution in [3.63, 3.8) is 0 Å². The van der Waals surface area contributed by atoms with Crippen molar-refractivity contribution in [1.82, 2.24) is 0 Å². The Morgan fingerprint density at radius 1 is 1.47 bits per heavy atom. The van der Waals surface area contributed by atoms with E-state index in [1.54, 1.807) is 6.07 Å². The van der Waals surface area contributed by atoms with Gasteiger partial charge < -0.3 is 16.8 Å². The molecule has 1 aromatic rings. The van der Waals surface area contributed by atoms with Crippen molar-refractivity contribution in [2.45, 2.75) is 19.4 Å². The maximum Gasteiger partial charge on any atom is 0.241 e. The number of aryl methyl sites for hydroxylation is 1. The Bertz CT molecular complexity index is 448. The monoisotopic (exact) mass is 299 g/mol. The molecule has 1 unspecified atom stereocenters. The average molecular weight is 300 g/mol. The molecule has 92 valence electrons. The third kappa shape index (κ3) is 4.16. The summed E-state index contributed by atoms with van der Waals surface area (Å²) >= 11 is 3.33. The van der Waals surface area contributed by atoms with Gasteiger partial charge in [0, 0.05) is 10.2 Å². The summed E-state index contributed by atoms with van der Waals surface area (Å²) in [6.45, 7) is 1.86. The summed E-state index contributed by atoms with van der Waals surface area (Å²) in [5, 5.41) is 2.65. The molecule has 0 saturated heterocycles. The van der Waals surface area contributed by atoms with Gasteiger partial charge in [-0.3, -0.25) is 9.59 Å². The van der Waals surface area contributed by atoms with Crippen molar-refractivity contribution in [1.29, 1.82) is 0 Å². The lowest BCUT2D eigenvalue weighted by Crippen LogP contribution is -2.39. The Labute approximate surface area is 108 Å². The molecule has 0 saturated carbocycles. The molecule has 0 aliphatic rings. The summed E-state index contributed by atoms with van der Waals surface area (Å²) in [6, 6.07) is 4.52. The standard InChI is InChI=1S/C11H14BrN3O2/c1-6-4-7(12)2-3-9(6)15-11(17)8(13)5-10(14)16/h2-4,8H,5,13H2,1H3,(H2,14,16)(H,15,17). The lowest BCUT2D eigenvalue weighted by Gasteiger charge is -2.12. The zero-order valence-electron chi connectivity index (χ0n) is 9.37. The van der Waals surface area contributed by atoms with Crippen molar-refractivity contribution in [3.05, 3.63) is 28.2 Å². The molecule has 1 rings (SSSR count). The second kappa shape index (κ2) is 5.79. The summed E-state index contributed by atoms with van der Waals surface area (Å²) in [5.41, 5.74) is 12.1. The van der Waals surface area contributed by atoms with E-state index in [1.807, 2.05) is 19.1 Å². The van der Waals surface area contributed by atoms with E-state index < -0.39 is 17.9 Å². The number of carbonyl (C=O) groups is 2. The molecule has 5 N–H and O–H groups in total. The van der Waals surface area contributed by atoms with Crippen LogP contribution in [0.4, 0.5) is 5.69 Å². The topological polar surface area (TPSA) is 98.2 Å². The first-order valence-corrected chi connectivity index (χ1v) is 5.80. The number of rotatable bonds is 4. The van der Waals surface area contributed by atoms with Crippen LogP contribution >= 0.6 is 15.9 Å². The molecule has 0 aromatic heterocycles. The Kier molecular flexibility index (Phi) is 4.65. The van der Waals surface area contributed by atoms with Crippen LogP contribution < -0.4 is 16.8 Å². The molecule has 0 aliphatic carbocycles. The smallest absolute Gasteiger partial charge is 0.241 e. The summed E-state index contributed by atoms with van der Waals surface area (Å²) in [7, 11) is 0. The zero-order valence-corrected chi connectivity index (χ0v) is 11.0. The maximum absolute atomic E-state index is 11.6. The molecule has 0 radical (unpaired) electrons. The number of primary amides is 1. The van der Waals surface area contributed by atoms with E-state index in [4.69, 9.17) is 11.5 Å². The van der Waals surface area contributed by atoms with E-state index in [2.05, 4.69) is 21.2 Å². The van der Waals surface area contributed by atoms with E-state index >= 15 is 0 Å². The second-order valence-corrected chi connectivity index (χ2v) is 4.64. The fraction of sp³-hybridized carbons (Fsp3) is 0.273. The molecule has 17 heavy (non-hydrogen) atoms. The van der Waals surface area contributed by atoms with Crippen LogP contribution in [-0.4, -0.2) is 17.9 Å². The lowest BCUT2D eigenvalue weighted by atomic mass is 10.1. The Morgan fingerprint density at radius 3 is 2.65 bits per heavy atom. The summed E-state index contributed by atoms with van der Waals surface area (Å²) in [4.78, 5) is 22.3. The number of amides is 2. The number of anilines is 1. The number of nitrogens with one attached hydrogen (secondary N) is 1. The lowest BCUT2D eigenvalue weighted by molar-refractivity contribution is -0.123. The van der Waals surface area contributed by atoms with Gasteiger partial charge in [0.05, 0.1) is 12.5 Å². The molecular weight excluding hydrogens is 286 g/mol. The van der Waals surface area contributed by atoms with Gasteiger partial charge in [0.2, 0.25) is 11.8 Å². The largest absolute Gasteiger partial charge is 0.370 e. The normalized spacial score (nSPS) is 11.9. The van der Waals surface area contributed by atoms with Gasteiger partial charge in [0.1, 0.15) is 0 Å². The first kappa shape index (κ1) is 13.7. The van der Waals surface area contributed by atoms with Crippen molar-refractivity contribution in [2.24, 2.45) is 11.5 Å². The third-order valence-electron chi connectivity index (χ3n) is 2.20. The highest BCUT2D eigenvalue weighted by Gasteiger charge is 2.16. The number of hydrogen-bond donors (Lipinski definition) is 3. The van der Waals surface area contributed by atoms with Crippen LogP contribution in [-0.2, 0) is 9.59 Å². The highest BCUT2D eigenvalue weighted by molar-refractivity contribution is 9.10. The van der Waals surface area contributed by atoms with Gasteiger partial charge >= 0.3 is 0 Å². The second-order valence-electron chi connectivity index (χ2n) is 3.73. The molecule has 1 atom stereocenters. The van der Waals surface area contributed by atoms with Crippen LogP contribution in [0.3, 0.4) is 0 Å². The van der Waals surface area contributed by atoms with Crippen LogP contribution in [0.15, 0.2) is 22.7 Å². The first-order chi connectivity index (χ1) is 7.90. The van der Waals surface area contributed by atoms with Crippen LogP contribution in [0.5, 0.6) is 0 Å². The predicted octanol–water partition coefficient (Wildman–Crippen LogP) is 0.899. The van der Waals surface area contributed by atoms with Gasteiger partial charge in [-0.05, 0) is 30.7 Å². The minimum Gasteiger partial charge on any atom is -0.370 e. The van der Waals surface area contributed by atoms with Crippen LogP contribution in [0.2, 0.25) is 0 Å². The SMILES string of the molecule is Cc1cc(Br)ccc1NC(=O)C(N)CC(N)=O. The van der Waals surface area contributed by atoms with Gasteiger partial charge in [-0.1, -0.05) is 15.9 Å². The number of nitrogens with two attached hydrogens (primary N) is 2. The number of benzene rings is 1. The molecule has 2 amide bonds. The summed E-state index contributed by atoms with van der Waals surface area (Å²) in [5.74, 6) is -1.02. The minimum absolute atomic E-state index is 0.165. The van der Waals surface area contributed by atoms with E-state index in [1.165, 1.54) is 0 Å². The Hall–Kier alpha value is -1.40. The third-order valence-corrected chi connectivity index (χ3v) is 2.70. The summed E-state index contributed by atoms with van der Waals surface area (Å²) < 4.78 is 0.925. The van der Waals surface area contributed by atoms with Gasteiger partial charge in [-0.15, -0.1) is 0 Å². The van der Waals surface area contributed by atoms with E-state index in [9.17, 15) is 9.59 Å². The quantitative estimate of drug-likeness (QED) is 0.770. The van der Waals surface area contributed by atoms with Gasteiger partial charge in [-0.25, -0.2) is 0 Å². The van der Waals surface area contributed by atoms with E-state index in [0.29, 0.717) is 5.69 Å². The van der Waals surface area contributed by atoms with Crippen LogP contribution in [0.1, 0.15) is 12.0 Å². The van der Waals surface area contributed by atoms with Crippen molar-refractivity contribution in [2.75, 3.05) is 5.32 Å². The fourth-order valence-electron chi connectivity index (χ4n) is 1.30. The number of halogens is 1. The zero-order chi connectivity index (χ0) is 13.0. The van der Waals surface area contributed by atoms with Crippen molar-refractivity contribution in [3.8, 4) is 0 Å². The average Bonchev–Trinajstić information content (AvgIpc) is 2.21. The van der Waals surface area contributed by atoms with Crippen LogP contribution in [0.25, 0.3) is 0 Å². The molecule has 0 fully saturated rings. The van der Waals surface area contributed by atoms with Crippen LogP contribution in [0, 0.1) is 6.92 Å². The predicted molar refractivity (Wildman–Crippen MR) is 69.3 cm³/mol. The summed E-state index contributed by atoms with van der Waals surface area (Å²) in [6.07, 6.45) is -0.165. The molecule has 6 heteroatoms. The fourth-order valence-corrected chi connectivity index (χ4v) is 1.78.